The first-order valence-electron chi connectivity index (χ1n) is 5.91. The fraction of sp³-hybridized carbons (Fsp3) is 0.308. The Labute approximate surface area is 112 Å². The van der Waals surface area contributed by atoms with Crippen molar-refractivity contribution < 1.29 is 4.74 Å². The number of hydrogen-bond acceptors (Lipinski definition) is 6. The number of pyridine rings is 1. The van der Waals surface area contributed by atoms with E-state index >= 15 is 0 Å². The van der Waals surface area contributed by atoms with Crippen LogP contribution in [0.15, 0.2) is 30.9 Å². The Morgan fingerprint density at radius 2 is 2.05 bits per heavy atom. The highest BCUT2D eigenvalue weighted by Crippen LogP contribution is 2.32. The zero-order chi connectivity index (χ0) is 13.7. The summed E-state index contributed by atoms with van der Waals surface area (Å²) < 4.78 is 5.29. The molecular weight excluding hydrogens is 242 g/mol. The molecule has 0 aliphatic carbocycles. The van der Waals surface area contributed by atoms with Gasteiger partial charge in [0.1, 0.15) is 5.69 Å². The minimum absolute atomic E-state index is 0.565. The molecule has 0 saturated carbocycles. The highest BCUT2D eigenvalue weighted by Gasteiger charge is 2.11. The van der Waals surface area contributed by atoms with Gasteiger partial charge in [-0.3, -0.25) is 9.97 Å². The third kappa shape index (κ3) is 3.09. The van der Waals surface area contributed by atoms with Crippen LogP contribution in [0.3, 0.4) is 0 Å². The fourth-order valence-electron chi connectivity index (χ4n) is 1.73. The van der Waals surface area contributed by atoms with Crippen molar-refractivity contribution in [3.05, 3.63) is 36.5 Å². The van der Waals surface area contributed by atoms with E-state index in [1.165, 1.54) is 0 Å². The molecule has 2 rings (SSSR count). The lowest BCUT2D eigenvalue weighted by Crippen LogP contribution is -2.14. The van der Waals surface area contributed by atoms with Gasteiger partial charge in [-0.15, -0.1) is 0 Å². The molecule has 2 aromatic rings. The molecule has 100 valence electrons. The molecule has 0 aliphatic heterocycles. The molecule has 0 bridgehead atoms. The van der Waals surface area contributed by atoms with E-state index in [9.17, 15) is 0 Å². The molecule has 0 radical (unpaired) electrons. The van der Waals surface area contributed by atoms with Crippen LogP contribution >= 0.6 is 0 Å². The Balaban J connectivity index is 2.23. The van der Waals surface area contributed by atoms with Crippen molar-refractivity contribution in [3.8, 4) is 5.88 Å². The number of methoxy groups -OCH3 is 1. The molecule has 0 saturated heterocycles. The second-order valence-electron chi connectivity index (χ2n) is 4.16. The van der Waals surface area contributed by atoms with Gasteiger partial charge in [0, 0.05) is 32.7 Å². The average Bonchev–Trinajstić information content (AvgIpc) is 2.45. The maximum Gasteiger partial charge on any atom is 0.239 e. The lowest BCUT2D eigenvalue weighted by atomic mass is 10.3. The number of nitrogens with one attached hydrogen (secondary N) is 1. The van der Waals surface area contributed by atoms with Crippen LogP contribution in [0.1, 0.15) is 5.69 Å². The maximum atomic E-state index is 5.29. The first-order chi connectivity index (χ1) is 9.22. The van der Waals surface area contributed by atoms with Crippen LogP contribution < -0.4 is 15.0 Å². The molecule has 0 spiro atoms. The molecule has 6 heteroatoms. The Morgan fingerprint density at radius 1 is 1.21 bits per heavy atom. The van der Waals surface area contributed by atoms with Crippen LogP contribution in [-0.4, -0.2) is 36.2 Å². The molecule has 0 aromatic carbocycles. The topological polar surface area (TPSA) is 63.2 Å². The maximum absolute atomic E-state index is 5.29. The van der Waals surface area contributed by atoms with Crippen molar-refractivity contribution in [1.82, 2.24) is 15.0 Å². The first-order valence-corrected chi connectivity index (χ1v) is 5.91. The summed E-state index contributed by atoms with van der Waals surface area (Å²) >= 11 is 0. The van der Waals surface area contributed by atoms with E-state index in [2.05, 4.69) is 20.3 Å². The third-order valence-electron chi connectivity index (χ3n) is 2.63. The second kappa shape index (κ2) is 5.99. The monoisotopic (exact) mass is 259 g/mol. The summed E-state index contributed by atoms with van der Waals surface area (Å²) in [6.45, 7) is 0.566. The van der Waals surface area contributed by atoms with Crippen molar-refractivity contribution in [2.45, 2.75) is 6.54 Å². The standard InChI is InChI=1S/C13H17N5O/c1-18(2)11-4-5-16-13(19-3)12(11)17-9-10-8-14-6-7-15-10/h4-8,17H,9H2,1-3H3. The van der Waals surface area contributed by atoms with Crippen molar-refractivity contribution in [3.63, 3.8) is 0 Å². The van der Waals surface area contributed by atoms with Gasteiger partial charge in [-0.25, -0.2) is 4.98 Å². The number of hydrogen-bond donors (Lipinski definition) is 1. The van der Waals surface area contributed by atoms with Crippen LogP contribution in [0.4, 0.5) is 11.4 Å². The van der Waals surface area contributed by atoms with Crippen LogP contribution in [0.25, 0.3) is 0 Å². The second-order valence-corrected chi connectivity index (χ2v) is 4.16. The molecule has 0 aliphatic rings. The molecular formula is C13H17N5O. The predicted molar refractivity (Wildman–Crippen MR) is 74.5 cm³/mol. The van der Waals surface area contributed by atoms with Crippen molar-refractivity contribution >= 4 is 11.4 Å². The van der Waals surface area contributed by atoms with Crippen LogP contribution in [-0.2, 0) is 6.54 Å². The van der Waals surface area contributed by atoms with Gasteiger partial charge < -0.3 is 15.0 Å². The summed E-state index contributed by atoms with van der Waals surface area (Å²) in [6.07, 6.45) is 6.77. The zero-order valence-corrected chi connectivity index (χ0v) is 11.3. The molecule has 0 fully saturated rings. The molecule has 2 aromatic heterocycles. The Morgan fingerprint density at radius 3 is 2.68 bits per heavy atom. The van der Waals surface area contributed by atoms with E-state index < -0.39 is 0 Å². The van der Waals surface area contributed by atoms with Gasteiger partial charge >= 0.3 is 0 Å². The molecule has 0 amide bonds. The average molecular weight is 259 g/mol. The largest absolute Gasteiger partial charge is 0.479 e. The van der Waals surface area contributed by atoms with E-state index in [-0.39, 0.29) is 0 Å². The van der Waals surface area contributed by atoms with Gasteiger partial charge in [0.15, 0.2) is 0 Å². The third-order valence-corrected chi connectivity index (χ3v) is 2.63. The number of rotatable bonds is 5. The van der Waals surface area contributed by atoms with Gasteiger partial charge in [0.25, 0.3) is 0 Å². The molecule has 6 nitrogen and oxygen atoms in total. The van der Waals surface area contributed by atoms with Crippen molar-refractivity contribution in [2.24, 2.45) is 0 Å². The molecule has 19 heavy (non-hydrogen) atoms. The minimum atomic E-state index is 0.565. The summed E-state index contributed by atoms with van der Waals surface area (Å²) in [5.74, 6) is 0.565. The smallest absolute Gasteiger partial charge is 0.239 e. The lowest BCUT2D eigenvalue weighted by molar-refractivity contribution is 0.400. The molecule has 1 N–H and O–H groups in total. The summed E-state index contributed by atoms with van der Waals surface area (Å²) in [7, 11) is 5.56. The summed E-state index contributed by atoms with van der Waals surface area (Å²) in [5.41, 5.74) is 2.72. The summed E-state index contributed by atoms with van der Waals surface area (Å²) in [4.78, 5) is 14.5. The Hall–Kier alpha value is -2.37. The van der Waals surface area contributed by atoms with E-state index in [1.54, 1.807) is 31.9 Å². The van der Waals surface area contributed by atoms with Gasteiger partial charge in [0.2, 0.25) is 5.88 Å². The molecule has 0 atom stereocenters. The first kappa shape index (κ1) is 13.1. The summed E-state index contributed by atoms with van der Waals surface area (Å²) in [6, 6.07) is 1.93. The number of aromatic nitrogens is 3. The minimum Gasteiger partial charge on any atom is -0.479 e. The SMILES string of the molecule is COc1nccc(N(C)C)c1NCc1cnccn1. The number of nitrogens with zero attached hydrogens (tertiary/aromatic N) is 4. The van der Waals surface area contributed by atoms with Gasteiger partial charge in [-0.2, -0.15) is 0 Å². The van der Waals surface area contributed by atoms with E-state index in [4.69, 9.17) is 4.74 Å². The zero-order valence-electron chi connectivity index (χ0n) is 11.3. The van der Waals surface area contributed by atoms with E-state index in [1.807, 2.05) is 25.1 Å². The number of ether oxygens (including phenoxy) is 1. The predicted octanol–water partition coefficient (Wildman–Crippen LogP) is 1.56. The number of anilines is 2. The molecule has 0 unspecified atom stereocenters. The Kier molecular flexibility index (Phi) is 4.12. The van der Waals surface area contributed by atoms with Crippen LogP contribution in [0, 0.1) is 0 Å². The van der Waals surface area contributed by atoms with E-state index in [0.29, 0.717) is 12.4 Å². The Bertz CT molecular complexity index is 530. The van der Waals surface area contributed by atoms with Gasteiger partial charge in [-0.1, -0.05) is 0 Å². The summed E-state index contributed by atoms with van der Waals surface area (Å²) in [5, 5.41) is 3.30. The molecule has 2 heterocycles. The van der Waals surface area contributed by atoms with Crippen LogP contribution in [0.2, 0.25) is 0 Å². The van der Waals surface area contributed by atoms with E-state index in [0.717, 1.165) is 17.1 Å². The lowest BCUT2D eigenvalue weighted by Gasteiger charge is -2.19. The van der Waals surface area contributed by atoms with Crippen molar-refractivity contribution in [1.29, 1.82) is 0 Å². The van der Waals surface area contributed by atoms with Crippen LogP contribution in [0.5, 0.6) is 5.88 Å². The van der Waals surface area contributed by atoms with Gasteiger partial charge in [-0.05, 0) is 6.07 Å². The van der Waals surface area contributed by atoms with Gasteiger partial charge in [0.05, 0.1) is 31.2 Å². The fourth-order valence-corrected chi connectivity index (χ4v) is 1.73. The quantitative estimate of drug-likeness (QED) is 0.879. The highest BCUT2D eigenvalue weighted by atomic mass is 16.5. The van der Waals surface area contributed by atoms with Crippen molar-refractivity contribution in [2.75, 3.05) is 31.4 Å². The highest BCUT2D eigenvalue weighted by molar-refractivity contribution is 5.74. The normalized spacial score (nSPS) is 10.1.